The van der Waals surface area contributed by atoms with Crippen LogP contribution < -0.4 is 5.73 Å². The standard InChI is InChI=1S/C7H10N2O2S/c8-4-6-12(10,11)7-3-1-2-5-9-7/h1-3,5H,4,6,8H2. The lowest BCUT2D eigenvalue weighted by molar-refractivity contribution is 0.592. The van der Waals surface area contributed by atoms with E-state index >= 15 is 0 Å². The summed E-state index contributed by atoms with van der Waals surface area (Å²) >= 11 is 0. The molecule has 1 rings (SSSR count). The molecular weight excluding hydrogens is 176 g/mol. The molecular formula is C7H10N2O2S. The zero-order valence-corrected chi connectivity index (χ0v) is 7.29. The Morgan fingerprint density at radius 1 is 1.42 bits per heavy atom. The molecule has 0 unspecified atom stereocenters. The van der Waals surface area contributed by atoms with Crippen LogP contribution in [0, 0.1) is 0 Å². The minimum absolute atomic E-state index is 0.0516. The Morgan fingerprint density at radius 3 is 2.67 bits per heavy atom. The highest BCUT2D eigenvalue weighted by Gasteiger charge is 2.13. The van der Waals surface area contributed by atoms with E-state index in [4.69, 9.17) is 5.73 Å². The number of rotatable bonds is 3. The number of aromatic nitrogens is 1. The summed E-state index contributed by atoms with van der Waals surface area (Å²) in [5, 5.41) is 0.0930. The molecule has 1 heterocycles. The van der Waals surface area contributed by atoms with E-state index in [0.29, 0.717) is 0 Å². The maximum Gasteiger partial charge on any atom is 0.196 e. The lowest BCUT2D eigenvalue weighted by atomic mass is 10.5. The van der Waals surface area contributed by atoms with Gasteiger partial charge in [0.1, 0.15) is 0 Å². The molecule has 0 aromatic carbocycles. The molecule has 0 aliphatic heterocycles. The lowest BCUT2D eigenvalue weighted by Gasteiger charge is -1.99. The van der Waals surface area contributed by atoms with Crippen LogP contribution in [-0.4, -0.2) is 25.7 Å². The van der Waals surface area contributed by atoms with Crippen molar-refractivity contribution in [3.63, 3.8) is 0 Å². The van der Waals surface area contributed by atoms with Crippen molar-refractivity contribution in [3.8, 4) is 0 Å². The molecule has 0 saturated heterocycles. The van der Waals surface area contributed by atoms with E-state index in [9.17, 15) is 8.42 Å². The van der Waals surface area contributed by atoms with E-state index in [2.05, 4.69) is 4.98 Å². The number of hydrogen-bond acceptors (Lipinski definition) is 4. The van der Waals surface area contributed by atoms with Crippen LogP contribution in [0.15, 0.2) is 29.4 Å². The summed E-state index contributed by atoms with van der Waals surface area (Å²) in [5.74, 6) is -0.0516. The Kier molecular flexibility index (Phi) is 2.78. The molecule has 0 saturated carbocycles. The van der Waals surface area contributed by atoms with Gasteiger partial charge in [0.05, 0.1) is 5.75 Å². The van der Waals surface area contributed by atoms with Gasteiger partial charge in [-0.25, -0.2) is 13.4 Å². The second-order valence-corrected chi connectivity index (χ2v) is 4.33. The van der Waals surface area contributed by atoms with Crippen molar-refractivity contribution in [2.45, 2.75) is 5.03 Å². The van der Waals surface area contributed by atoms with Gasteiger partial charge in [0.25, 0.3) is 0 Å². The minimum Gasteiger partial charge on any atom is -0.329 e. The molecule has 0 radical (unpaired) electrons. The Bertz CT molecular complexity index is 334. The van der Waals surface area contributed by atoms with Gasteiger partial charge < -0.3 is 5.73 Å². The van der Waals surface area contributed by atoms with Gasteiger partial charge in [-0.05, 0) is 12.1 Å². The van der Waals surface area contributed by atoms with Crippen molar-refractivity contribution in [2.24, 2.45) is 5.73 Å². The van der Waals surface area contributed by atoms with E-state index in [1.807, 2.05) is 0 Å². The SMILES string of the molecule is NCCS(=O)(=O)c1ccccn1. The second-order valence-electron chi connectivity index (χ2n) is 2.28. The van der Waals surface area contributed by atoms with Crippen molar-refractivity contribution in [1.82, 2.24) is 4.98 Å². The Morgan fingerprint density at radius 2 is 2.17 bits per heavy atom. The van der Waals surface area contributed by atoms with Gasteiger partial charge >= 0.3 is 0 Å². The number of nitrogens with two attached hydrogens (primary N) is 1. The predicted molar refractivity (Wildman–Crippen MR) is 45.3 cm³/mol. The van der Waals surface area contributed by atoms with Gasteiger partial charge in [0.15, 0.2) is 14.9 Å². The Hall–Kier alpha value is -0.940. The smallest absolute Gasteiger partial charge is 0.196 e. The third kappa shape index (κ3) is 2.02. The number of pyridine rings is 1. The molecule has 0 atom stereocenters. The highest BCUT2D eigenvalue weighted by atomic mass is 32.2. The Labute approximate surface area is 71.3 Å². The van der Waals surface area contributed by atoms with Crippen LogP contribution in [0.4, 0.5) is 0 Å². The van der Waals surface area contributed by atoms with E-state index in [1.165, 1.54) is 12.3 Å². The molecule has 12 heavy (non-hydrogen) atoms. The van der Waals surface area contributed by atoms with Gasteiger partial charge in [0.2, 0.25) is 0 Å². The van der Waals surface area contributed by atoms with Crippen LogP contribution in [0.1, 0.15) is 0 Å². The van der Waals surface area contributed by atoms with Gasteiger partial charge in [-0.3, -0.25) is 0 Å². The van der Waals surface area contributed by atoms with E-state index in [1.54, 1.807) is 12.1 Å². The molecule has 0 spiro atoms. The summed E-state index contributed by atoms with van der Waals surface area (Å²) in [4.78, 5) is 3.73. The first-order chi connectivity index (χ1) is 5.67. The lowest BCUT2D eigenvalue weighted by Crippen LogP contribution is -2.16. The average Bonchev–Trinajstić information content (AvgIpc) is 2.06. The van der Waals surface area contributed by atoms with Crippen LogP contribution >= 0.6 is 0 Å². The third-order valence-corrected chi connectivity index (χ3v) is 2.99. The maximum atomic E-state index is 11.3. The van der Waals surface area contributed by atoms with Crippen molar-refractivity contribution < 1.29 is 8.42 Å². The topological polar surface area (TPSA) is 73.1 Å². The number of nitrogens with zero attached hydrogens (tertiary/aromatic N) is 1. The van der Waals surface area contributed by atoms with Gasteiger partial charge in [-0.2, -0.15) is 0 Å². The van der Waals surface area contributed by atoms with Crippen LogP contribution in [0.25, 0.3) is 0 Å². The molecule has 5 heteroatoms. The number of hydrogen-bond donors (Lipinski definition) is 1. The quantitative estimate of drug-likeness (QED) is 0.710. The Balaban J connectivity index is 2.99. The fourth-order valence-electron chi connectivity index (χ4n) is 0.791. The summed E-state index contributed by atoms with van der Waals surface area (Å²) in [6.07, 6.45) is 1.45. The summed E-state index contributed by atoms with van der Waals surface area (Å²) in [6, 6.07) is 4.77. The summed E-state index contributed by atoms with van der Waals surface area (Å²) in [6.45, 7) is 0.124. The maximum absolute atomic E-state index is 11.3. The second kappa shape index (κ2) is 3.64. The fraction of sp³-hybridized carbons (Fsp3) is 0.286. The molecule has 1 aromatic heterocycles. The van der Waals surface area contributed by atoms with Crippen LogP contribution in [-0.2, 0) is 9.84 Å². The largest absolute Gasteiger partial charge is 0.329 e. The number of sulfone groups is 1. The van der Waals surface area contributed by atoms with E-state index < -0.39 is 9.84 Å². The van der Waals surface area contributed by atoms with Crippen molar-refractivity contribution in [1.29, 1.82) is 0 Å². The molecule has 0 bridgehead atoms. The first-order valence-electron chi connectivity index (χ1n) is 3.50. The highest BCUT2D eigenvalue weighted by molar-refractivity contribution is 7.91. The van der Waals surface area contributed by atoms with Crippen molar-refractivity contribution in [3.05, 3.63) is 24.4 Å². The van der Waals surface area contributed by atoms with E-state index in [-0.39, 0.29) is 17.3 Å². The average molecular weight is 186 g/mol. The van der Waals surface area contributed by atoms with E-state index in [0.717, 1.165) is 0 Å². The molecule has 0 fully saturated rings. The minimum atomic E-state index is -3.25. The fourth-order valence-corrected chi connectivity index (χ4v) is 1.82. The molecule has 66 valence electrons. The molecule has 0 aliphatic carbocycles. The van der Waals surface area contributed by atoms with Gasteiger partial charge in [-0.15, -0.1) is 0 Å². The highest BCUT2D eigenvalue weighted by Crippen LogP contribution is 2.04. The van der Waals surface area contributed by atoms with Gasteiger partial charge in [0, 0.05) is 12.7 Å². The van der Waals surface area contributed by atoms with Gasteiger partial charge in [-0.1, -0.05) is 6.07 Å². The monoisotopic (exact) mass is 186 g/mol. The molecule has 2 N–H and O–H groups in total. The van der Waals surface area contributed by atoms with Crippen molar-refractivity contribution in [2.75, 3.05) is 12.3 Å². The zero-order valence-electron chi connectivity index (χ0n) is 6.47. The van der Waals surface area contributed by atoms with Crippen molar-refractivity contribution >= 4 is 9.84 Å². The summed E-state index contributed by atoms with van der Waals surface area (Å²) in [7, 11) is -3.25. The summed E-state index contributed by atoms with van der Waals surface area (Å²) < 4.78 is 22.6. The molecule has 0 aliphatic rings. The first-order valence-corrected chi connectivity index (χ1v) is 5.16. The predicted octanol–water partition coefficient (Wildman–Crippen LogP) is -0.186. The molecule has 1 aromatic rings. The molecule has 4 nitrogen and oxygen atoms in total. The normalized spacial score (nSPS) is 11.4. The molecule has 0 amide bonds. The van der Waals surface area contributed by atoms with Crippen LogP contribution in [0.3, 0.4) is 0 Å². The third-order valence-electron chi connectivity index (χ3n) is 1.34. The van der Waals surface area contributed by atoms with Crippen LogP contribution in [0.2, 0.25) is 0 Å². The summed E-state index contributed by atoms with van der Waals surface area (Å²) in [5.41, 5.74) is 5.15. The van der Waals surface area contributed by atoms with Crippen LogP contribution in [0.5, 0.6) is 0 Å². The first kappa shape index (κ1) is 9.15. The zero-order chi connectivity index (χ0) is 9.03.